The third kappa shape index (κ3) is 3.59. The third-order valence-electron chi connectivity index (χ3n) is 4.86. The first-order chi connectivity index (χ1) is 12.2. The largest absolute Gasteiger partial charge is 0.387 e. The highest BCUT2D eigenvalue weighted by Gasteiger charge is 2.26. The molecule has 1 fully saturated rings. The van der Waals surface area contributed by atoms with Gasteiger partial charge in [-0.05, 0) is 37.6 Å². The number of aromatic nitrogens is 1. The summed E-state index contributed by atoms with van der Waals surface area (Å²) in [5, 5.41) is 11.6. The first-order valence-electron chi connectivity index (χ1n) is 8.71. The molecule has 0 amide bonds. The van der Waals surface area contributed by atoms with Gasteiger partial charge in [-0.2, -0.15) is 0 Å². The topological polar surface area (TPSA) is 36.4 Å². The van der Waals surface area contributed by atoms with Gasteiger partial charge in [0.1, 0.15) is 5.82 Å². The Morgan fingerprint density at radius 2 is 2.00 bits per heavy atom. The van der Waals surface area contributed by atoms with E-state index in [9.17, 15) is 9.50 Å². The molecule has 2 heterocycles. The molecule has 0 radical (unpaired) electrons. The van der Waals surface area contributed by atoms with E-state index in [0.717, 1.165) is 31.4 Å². The monoisotopic (exact) mass is 356 g/mol. The normalized spacial score (nSPS) is 20.0. The van der Waals surface area contributed by atoms with E-state index >= 15 is 0 Å². The predicted octanol–water partition coefficient (Wildman–Crippen LogP) is 4.35. The van der Waals surface area contributed by atoms with Gasteiger partial charge in [0.05, 0.1) is 21.3 Å². The molecule has 1 aliphatic rings. The zero-order valence-corrected chi connectivity index (χ0v) is 14.8. The lowest BCUT2D eigenvalue weighted by Gasteiger charge is -2.33. The zero-order chi connectivity index (χ0) is 17.2. The summed E-state index contributed by atoms with van der Waals surface area (Å²) in [6, 6.07) is 14.7. The smallest absolute Gasteiger partial charge is 0.129 e. The van der Waals surface area contributed by atoms with Gasteiger partial charge >= 0.3 is 0 Å². The summed E-state index contributed by atoms with van der Waals surface area (Å²) in [6.07, 6.45) is 1.40. The molecule has 0 unspecified atom stereocenters. The van der Waals surface area contributed by atoms with Crippen molar-refractivity contribution >= 4 is 21.6 Å². The number of para-hydroxylation sites is 1. The van der Waals surface area contributed by atoms with Crippen molar-refractivity contribution in [2.24, 2.45) is 0 Å². The second-order valence-corrected chi connectivity index (χ2v) is 7.72. The number of benzene rings is 2. The molecule has 2 aromatic carbocycles. The van der Waals surface area contributed by atoms with Crippen LogP contribution in [0.3, 0.4) is 0 Å². The van der Waals surface area contributed by atoms with Crippen molar-refractivity contribution in [3.63, 3.8) is 0 Å². The van der Waals surface area contributed by atoms with Crippen LogP contribution in [-0.4, -0.2) is 34.6 Å². The molecule has 0 bridgehead atoms. The maximum atomic E-state index is 13.9. The van der Waals surface area contributed by atoms with Crippen LogP contribution in [0, 0.1) is 5.82 Å². The third-order valence-corrected chi connectivity index (χ3v) is 6.06. The number of halogens is 1. The van der Waals surface area contributed by atoms with E-state index in [1.807, 2.05) is 12.1 Å². The molecule has 0 saturated carbocycles. The molecule has 3 aromatic rings. The average molecular weight is 356 g/mol. The number of hydrogen-bond donors (Lipinski definition) is 1. The zero-order valence-electron chi connectivity index (χ0n) is 13.9. The van der Waals surface area contributed by atoms with Crippen LogP contribution in [0.1, 0.15) is 35.4 Å². The number of fused-ring (bicyclic) bond motifs is 1. The molecule has 130 valence electrons. The van der Waals surface area contributed by atoms with E-state index < -0.39 is 6.10 Å². The van der Waals surface area contributed by atoms with E-state index in [1.165, 1.54) is 15.8 Å². The van der Waals surface area contributed by atoms with Crippen molar-refractivity contribution in [3.8, 4) is 0 Å². The summed E-state index contributed by atoms with van der Waals surface area (Å²) >= 11 is 1.76. The minimum absolute atomic E-state index is 0.338. The highest BCUT2D eigenvalue weighted by Crippen LogP contribution is 2.33. The molecule has 25 heavy (non-hydrogen) atoms. The highest BCUT2D eigenvalue weighted by atomic mass is 32.1. The Bertz CT molecular complexity index is 833. The van der Waals surface area contributed by atoms with Gasteiger partial charge in [-0.3, -0.25) is 4.90 Å². The van der Waals surface area contributed by atoms with Crippen LogP contribution >= 0.6 is 11.3 Å². The van der Waals surface area contributed by atoms with E-state index in [-0.39, 0.29) is 5.82 Å². The van der Waals surface area contributed by atoms with Crippen molar-refractivity contribution < 1.29 is 9.50 Å². The first kappa shape index (κ1) is 16.6. The van der Waals surface area contributed by atoms with Crippen LogP contribution in [0.2, 0.25) is 0 Å². The Hall–Kier alpha value is -1.82. The Labute approximate surface area is 150 Å². The average Bonchev–Trinajstić information content (AvgIpc) is 3.06. The quantitative estimate of drug-likeness (QED) is 0.755. The van der Waals surface area contributed by atoms with Crippen molar-refractivity contribution in [2.45, 2.75) is 24.9 Å². The lowest BCUT2D eigenvalue weighted by Crippen LogP contribution is -2.37. The van der Waals surface area contributed by atoms with Gasteiger partial charge in [-0.15, -0.1) is 11.3 Å². The molecular weight excluding hydrogens is 335 g/mol. The molecule has 4 rings (SSSR count). The fourth-order valence-corrected chi connectivity index (χ4v) is 4.67. The minimum Gasteiger partial charge on any atom is -0.387 e. The van der Waals surface area contributed by atoms with Gasteiger partial charge in [0, 0.05) is 24.6 Å². The number of aliphatic hydroxyl groups excluding tert-OH is 1. The van der Waals surface area contributed by atoms with Crippen molar-refractivity contribution in [2.75, 3.05) is 19.6 Å². The lowest BCUT2D eigenvalue weighted by molar-refractivity contribution is 0.0930. The molecule has 0 aliphatic carbocycles. The summed E-state index contributed by atoms with van der Waals surface area (Å²) in [5.74, 6) is 0.0497. The van der Waals surface area contributed by atoms with Gasteiger partial charge in [0.2, 0.25) is 0 Å². The van der Waals surface area contributed by atoms with Crippen molar-refractivity contribution in [1.29, 1.82) is 0 Å². The molecule has 3 nitrogen and oxygen atoms in total. The maximum absolute atomic E-state index is 13.9. The SMILES string of the molecule is O[C@@H](CN1CCC[C@@H](c2nc3ccccc3s2)C1)c1ccccc1F. The van der Waals surface area contributed by atoms with Gasteiger partial charge in [-0.1, -0.05) is 30.3 Å². The molecule has 5 heteroatoms. The standard InChI is InChI=1S/C20H21FN2OS/c21-16-8-2-1-7-15(16)18(24)13-23-11-5-6-14(12-23)20-22-17-9-3-4-10-19(17)25-20/h1-4,7-10,14,18,24H,5-6,11-13H2/t14-,18+/m1/s1. The summed E-state index contributed by atoms with van der Waals surface area (Å²) in [4.78, 5) is 7.03. The van der Waals surface area contributed by atoms with E-state index in [0.29, 0.717) is 18.0 Å². The Kier molecular flexibility index (Phi) is 4.79. The van der Waals surface area contributed by atoms with Crippen LogP contribution in [0.15, 0.2) is 48.5 Å². The fourth-order valence-electron chi connectivity index (χ4n) is 3.58. The minimum atomic E-state index is -0.796. The molecule has 1 aromatic heterocycles. The number of nitrogens with zero attached hydrogens (tertiary/aromatic N) is 2. The molecule has 0 spiro atoms. The predicted molar refractivity (Wildman–Crippen MR) is 99.4 cm³/mol. The number of thiazole rings is 1. The van der Waals surface area contributed by atoms with Gasteiger partial charge < -0.3 is 5.11 Å². The summed E-state index contributed by atoms with van der Waals surface area (Å²) in [5.41, 5.74) is 1.44. The summed E-state index contributed by atoms with van der Waals surface area (Å²) < 4.78 is 15.1. The van der Waals surface area contributed by atoms with Gasteiger partial charge in [-0.25, -0.2) is 9.37 Å². The van der Waals surface area contributed by atoms with Crippen LogP contribution in [0.4, 0.5) is 4.39 Å². The number of rotatable bonds is 4. The van der Waals surface area contributed by atoms with Crippen molar-refractivity contribution in [1.82, 2.24) is 9.88 Å². The van der Waals surface area contributed by atoms with Crippen LogP contribution in [-0.2, 0) is 0 Å². The number of likely N-dealkylation sites (tertiary alicyclic amines) is 1. The summed E-state index contributed by atoms with van der Waals surface area (Å²) in [7, 11) is 0. The number of β-amino-alcohol motifs (C(OH)–C–C–N with tert-alkyl or cyclic N) is 1. The lowest BCUT2D eigenvalue weighted by atomic mass is 9.97. The first-order valence-corrected chi connectivity index (χ1v) is 9.52. The van der Waals surface area contributed by atoms with Crippen molar-refractivity contribution in [3.05, 3.63) is 64.9 Å². The Morgan fingerprint density at radius 1 is 1.20 bits per heavy atom. The maximum Gasteiger partial charge on any atom is 0.129 e. The Morgan fingerprint density at radius 3 is 2.84 bits per heavy atom. The number of piperidine rings is 1. The Balaban J connectivity index is 1.46. The molecular formula is C20H21FN2OS. The molecule has 1 aliphatic heterocycles. The molecule has 1 N–H and O–H groups in total. The highest BCUT2D eigenvalue weighted by molar-refractivity contribution is 7.18. The molecule has 1 saturated heterocycles. The number of hydrogen-bond acceptors (Lipinski definition) is 4. The van der Waals surface area contributed by atoms with Gasteiger partial charge in [0.15, 0.2) is 0 Å². The second-order valence-electron chi connectivity index (χ2n) is 6.66. The summed E-state index contributed by atoms with van der Waals surface area (Å²) in [6.45, 7) is 2.26. The van der Waals surface area contributed by atoms with E-state index in [4.69, 9.17) is 4.98 Å². The van der Waals surface area contributed by atoms with Gasteiger partial charge in [0.25, 0.3) is 0 Å². The number of aliphatic hydroxyl groups is 1. The fraction of sp³-hybridized carbons (Fsp3) is 0.350. The molecule has 2 atom stereocenters. The second kappa shape index (κ2) is 7.20. The van der Waals surface area contributed by atoms with E-state index in [1.54, 1.807) is 29.5 Å². The van der Waals surface area contributed by atoms with Crippen LogP contribution in [0.25, 0.3) is 10.2 Å². The van der Waals surface area contributed by atoms with Crippen LogP contribution < -0.4 is 0 Å². The van der Waals surface area contributed by atoms with Crippen LogP contribution in [0.5, 0.6) is 0 Å². The van der Waals surface area contributed by atoms with E-state index in [2.05, 4.69) is 17.0 Å².